The van der Waals surface area contributed by atoms with Crippen molar-refractivity contribution in [2.24, 2.45) is 0 Å². The Morgan fingerprint density at radius 3 is 2.50 bits per heavy atom. The van der Waals surface area contributed by atoms with Crippen molar-refractivity contribution in [1.29, 1.82) is 0 Å². The van der Waals surface area contributed by atoms with Gasteiger partial charge in [-0.3, -0.25) is 0 Å². The van der Waals surface area contributed by atoms with Gasteiger partial charge in [-0.25, -0.2) is 4.79 Å². The van der Waals surface area contributed by atoms with Gasteiger partial charge in [0.1, 0.15) is 0 Å². The average Bonchev–Trinajstić information content (AvgIpc) is 2.54. The zero-order valence-corrected chi connectivity index (χ0v) is 11.9. The molecule has 1 aliphatic rings. The van der Waals surface area contributed by atoms with E-state index in [0.29, 0.717) is 5.57 Å². The van der Waals surface area contributed by atoms with Crippen LogP contribution >= 0.6 is 11.8 Å². The van der Waals surface area contributed by atoms with Gasteiger partial charge < -0.3 is 4.74 Å². The molecule has 1 atom stereocenters. The summed E-state index contributed by atoms with van der Waals surface area (Å²) in [4.78, 5) is 11.9. The van der Waals surface area contributed by atoms with Crippen molar-refractivity contribution in [3.05, 3.63) is 76.7 Å². The number of fused-ring (bicyclic) bond motifs is 1. The molecule has 0 N–H and O–H groups in total. The molecule has 1 aliphatic heterocycles. The van der Waals surface area contributed by atoms with Gasteiger partial charge >= 0.3 is 5.97 Å². The van der Waals surface area contributed by atoms with Gasteiger partial charge in [0, 0.05) is 0 Å². The quantitative estimate of drug-likeness (QED) is 0.778. The second kappa shape index (κ2) is 5.55. The first-order valence-corrected chi connectivity index (χ1v) is 7.33. The van der Waals surface area contributed by atoms with Crippen LogP contribution in [0.3, 0.4) is 0 Å². The molecule has 100 valence electrons. The summed E-state index contributed by atoms with van der Waals surface area (Å²) in [7, 11) is 1.42. The summed E-state index contributed by atoms with van der Waals surface area (Å²) in [6, 6.07) is 18.3. The molecule has 0 saturated heterocycles. The average molecular weight is 282 g/mol. The van der Waals surface area contributed by atoms with Gasteiger partial charge in [0.15, 0.2) is 0 Å². The summed E-state index contributed by atoms with van der Waals surface area (Å²) in [5, 5.41) is 2.13. The summed E-state index contributed by atoms with van der Waals surface area (Å²) < 4.78 is 4.87. The van der Waals surface area contributed by atoms with Crippen molar-refractivity contribution in [3.8, 4) is 0 Å². The van der Waals surface area contributed by atoms with Crippen LogP contribution in [0.15, 0.2) is 60.0 Å². The molecule has 2 aromatic carbocycles. The zero-order valence-electron chi connectivity index (χ0n) is 11.1. The highest BCUT2D eigenvalue weighted by atomic mass is 32.2. The van der Waals surface area contributed by atoms with Gasteiger partial charge in [0.05, 0.1) is 17.9 Å². The van der Waals surface area contributed by atoms with E-state index in [4.69, 9.17) is 4.74 Å². The first kappa shape index (κ1) is 13.0. The number of carbonyl (C=O) groups is 1. The van der Waals surface area contributed by atoms with Gasteiger partial charge in [0.25, 0.3) is 0 Å². The molecule has 0 aromatic heterocycles. The zero-order chi connectivity index (χ0) is 13.9. The minimum Gasteiger partial charge on any atom is -0.465 e. The van der Waals surface area contributed by atoms with Crippen LogP contribution in [0.5, 0.6) is 0 Å². The lowest BCUT2D eigenvalue weighted by Gasteiger charge is -2.24. The van der Waals surface area contributed by atoms with E-state index in [0.717, 1.165) is 11.1 Å². The molecule has 0 saturated carbocycles. The molecule has 0 radical (unpaired) electrons. The van der Waals surface area contributed by atoms with Crippen molar-refractivity contribution < 1.29 is 9.53 Å². The van der Waals surface area contributed by atoms with Crippen molar-refractivity contribution in [2.45, 2.75) is 5.25 Å². The van der Waals surface area contributed by atoms with Crippen molar-refractivity contribution in [3.63, 3.8) is 0 Å². The smallest absolute Gasteiger partial charge is 0.338 e. The van der Waals surface area contributed by atoms with Crippen LogP contribution in [0.4, 0.5) is 0 Å². The van der Waals surface area contributed by atoms with Crippen LogP contribution in [-0.4, -0.2) is 13.1 Å². The lowest BCUT2D eigenvalue weighted by atomic mass is 9.94. The molecule has 1 unspecified atom stereocenters. The van der Waals surface area contributed by atoms with Crippen LogP contribution in [-0.2, 0) is 9.53 Å². The van der Waals surface area contributed by atoms with E-state index in [-0.39, 0.29) is 11.2 Å². The van der Waals surface area contributed by atoms with E-state index >= 15 is 0 Å². The number of thioether (sulfide) groups is 1. The highest BCUT2D eigenvalue weighted by Crippen LogP contribution is 2.45. The number of methoxy groups -OCH3 is 1. The first-order valence-electron chi connectivity index (χ1n) is 6.39. The summed E-state index contributed by atoms with van der Waals surface area (Å²) >= 11 is 1.65. The second-order valence-corrected chi connectivity index (χ2v) is 5.52. The largest absolute Gasteiger partial charge is 0.465 e. The van der Waals surface area contributed by atoms with Crippen molar-refractivity contribution >= 4 is 23.3 Å². The SMILES string of the molecule is COC(=O)C1=CSC(c2ccccc2)c2ccccc21. The van der Waals surface area contributed by atoms with E-state index in [1.807, 2.05) is 41.8 Å². The van der Waals surface area contributed by atoms with E-state index in [9.17, 15) is 4.79 Å². The molecular formula is C17H14O2S. The Hall–Kier alpha value is -2.00. The van der Waals surface area contributed by atoms with E-state index in [1.54, 1.807) is 11.8 Å². The maximum Gasteiger partial charge on any atom is 0.338 e. The van der Waals surface area contributed by atoms with Gasteiger partial charge in [-0.15, -0.1) is 11.8 Å². The maximum absolute atomic E-state index is 11.9. The standard InChI is InChI=1S/C17H14O2S/c1-19-17(18)15-11-20-16(12-7-3-2-4-8-12)14-10-6-5-9-13(14)15/h2-11,16H,1H3. The fourth-order valence-electron chi connectivity index (χ4n) is 2.40. The number of esters is 1. The maximum atomic E-state index is 11.9. The van der Waals surface area contributed by atoms with E-state index < -0.39 is 0 Å². The molecule has 0 aliphatic carbocycles. The third-order valence-corrected chi connectivity index (χ3v) is 4.53. The minimum atomic E-state index is -0.281. The van der Waals surface area contributed by atoms with Crippen molar-refractivity contribution in [2.75, 3.05) is 7.11 Å². The Morgan fingerprint density at radius 1 is 1.05 bits per heavy atom. The molecule has 3 rings (SSSR count). The second-order valence-electron chi connectivity index (χ2n) is 4.54. The summed E-state index contributed by atoms with van der Waals surface area (Å²) in [5.41, 5.74) is 4.00. The van der Waals surface area contributed by atoms with Gasteiger partial charge in [-0.1, -0.05) is 54.6 Å². The van der Waals surface area contributed by atoms with Crippen LogP contribution in [0.2, 0.25) is 0 Å². The summed E-state index contributed by atoms with van der Waals surface area (Å²) in [6.07, 6.45) is 0. The Bertz CT molecular complexity index is 662. The van der Waals surface area contributed by atoms with Gasteiger partial charge in [-0.2, -0.15) is 0 Å². The number of rotatable bonds is 2. The third-order valence-electron chi connectivity index (χ3n) is 3.36. The third kappa shape index (κ3) is 2.25. The lowest BCUT2D eigenvalue weighted by molar-refractivity contribution is -0.133. The summed E-state index contributed by atoms with van der Waals surface area (Å²) in [5.74, 6) is -0.281. The van der Waals surface area contributed by atoms with Crippen LogP contribution in [0.25, 0.3) is 5.57 Å². The molecule has 3 heteroatoms. The highest BCUT2D eigenvalue weighted by molar-refractivity contribution is 8.02. The molecule has 0 spiro atoms. The van der Waals surface area contributed by atoms with E-state index in [2.05, 4.69) is 18.2 Å². The van der Waals surface area contributed by atoms with Crippen molar-refractivity contribution in [1.82, 2.24) is 0 Å². The van der Waals surface area contributed by atoms with Gasteiger partial charge in [0.2, 0.25) is 0 Å². The van der Waals surface area contributed by atoms with Crippen LogP contribution in [0.1, 0.15) is 21.9 Å². The van der Waals surface area contributed by atoms with E-state index in [1.165, 1.54) is 12.7 Å². The number of hydrogen-bond acceptors (Lipinski definition) is 3. The fourth-order valence-corrected chi connectivity index (χ4v) is 3.56. The molecule has 0 fully saturated rings. The number of hydrogen-bond donors (Lipinski definition) is 0. The van der Waals surface area contributed by atoms with Crippen LogP contribution in [0, 0.1) is 0 Å². The molecule has 1 heterocycles. The highest BCUT2D eigenvalue weighted by Gasteiger charge is 2.26. The number of ether oxygens (including phenoxy) is 1. The molecule has 2 aromatic rings. The predicted octanol–water partition coefficient (Wildman–Crippen LogP) is 4.04. The monoisotopic (exact) mass is 282 g/mol. The van der Waals surface area contributed by atoms with Gasteiger partial charge in [-0.05, 0) is 22.1 Å². The Balaban J connectivity index is 2.08. The minimum absolute atomic E-state index is 0.223. The molecular weight excluding hydrogens is 268 g/mol. The number of benzene rings is 2. The molecule has 0 amide bonds. The van der Waals surface area contributed by atoms with Crippen LogP contribution < -0.4 is 0 Å². The Kier molecular flexibility index (Phi) is 3.61. The predicted molar refractivity (Wildman–Crippen MR) is 82.3 cm³/mol. The Morgan fingerprint density at radius 2 is 1.75 bits per heavy atom. The fraction of sp³-hybridized carbons (Fsp3) is 0.118. The first-order chi connectivity index (χ1) is 9.81. The Labute approximate surface area is 122 Å². The molecule has 2 nitrogen and oxygen atoms in total. The summed E-state index contributed by atoms with van der Waals surface area (Å²) in [6.45, 7) is 0. The normalized spacial score (nSPS) is 17.1. The number of carbonyl (C=O) groups excluding carboxylic acids is 1. The molecule has 0 bridgehead atoms. The molecule has 20 heavy (non-hydrogen) atoms. The topological polar surface area (TPSA) is 26.3 Å². The lowest BCUT2D eigenvalue weighted by Crippen LogP contribution is -2.11.